The average molecular weight is 184 g/mol. The Bertz CT molecular complexity index is 254. The van der Waals surface area contributed by atoms with Gasteiger partial charge in [0, 0.05) is 11.6 Å². The molecule has 1 saturated heterocycles. The van der Waals surface area contributed by atoms with Gasteiger partial charge in [-0.25, -0.2) is 5.48 Å². The van der Waals surface area contributed by atoms with Crippen LogP contribution in [0.2, 0.25) is 5.02 Å². The molecule has 1 atom stereocenters. The molecule has 1 heterocycles. The minimum atomic E-state index is 0.197. The van der Waals surface area contributed by atoms with Crippen LogP contribution in [0, 0.1) is 0 Å². The summed E-state index contributed by atoms with van der Waals surface area (Å²) in [5, 5.41) is 0.768. The van der Waals surface area contributed by atoms with Crippen molar-refractivity contribution in [3.05, 3.63) is 34.9 Å². The molecule has 0 radical (unpaired) electrons. The van der Waals surface area contributed by atoms with E-state index in [2.05, 4.69) is 5.48 Å². The van der Waals surface area contributed by atoms with Crippen LogP contribution in [0.25, 0.3) is 0 Å². The quantitative estimate of drug-likeness (QED) is 0.722. The van der Waals surface area contributed by atoms with Crippen molar-refractivity contribution in [3.8, 4) is 0 Å². The number of hydrogen-bond donors (Lipinski definition) is 1. The summed E-state index contributed by atoms with van der Waals surface area (Å²) in [6, 6.07) is 7.77. The molecule has 0 aromatic heterocycles. The van der Waals surface area contributed by atoms with Gasteiger partial charge < -0.3 is 0 Å². The highest BCUT2D eigenvalue weighted by atomic mass is 35.5. The molecular formula is C9H10ClNO. The Kier molecular flexibility index (Phi) is 2.30. The zero-order valence-corrected chi connectivity index (χ0v) is 7.34. The van der Waals surface area contributed by atoms with Gasteiger partial charge in [-0.05, 0) is 24.1 Å². The van der Waals surface area contributed by atoms with Crippen LogP contribution >= 0.6 is 11.6 Å². The van der Waals surface area contributed by atoms with Crippen molar-refractivity contribution in [3.63, 3.8) is 0 Å². The topological polar surface area (TPSA) is 21.3 Å². The first kappa shape index (κ1) is 8.05. The predicted octanol–water partition coefficient (Wildman–Crippen LogP) is 2.31. The lowest BCUT2D eigenvalue weighted by Crippen LogP contribution is -2.04. The van der Waals surface area contributed by atoms with Gasteiger partial charge in [0.05, 0.1) is 0 Å². The highest BCUT2D eigenvalue weighted by Gasteiger charge is 2.16. The zero-order valence-electron chi connectivity index (χ0n) is 6.59. The van der Waals surface area contributed by atoms with Crippen LogP contribution in [0.15, 0.2) is 24.3 Å². The second-order valence-corrected chi connectivity index (χ2v) is 3.28. The summed E-state index contributed by atoms with van der Waals surface area (Å²) in [6.45, 7) is 0.924. The third kappa shape index (κ3) is 1.61. The fourth-order valence-corrected chi connectivity index (χ4v) is 1.45. The lowest BCUT2D eigenvalue weighted by Gasteiger charge is -2.07. The molecule has 0 saturated carbocycles. The second-order valence-electron chi connectivity index (χ2n) is 2.84. The fraction of sp³-hybridized carbons (Fsp3) is 0.333. The van der Waals surface area contributed by atoms with Gasteiger partial charge >= 0.3 is 0 Å². The molecule has 1 N–H and O–H groups in total. The predicted molar refractivity (Wildman–Crippen MR) is 47.9 cm³/mol. The van der Waals surface area contributed by atoms with Crippen molar-refractivity contribution < 1.29 is 4.84 Å². The van der Waals surface area contributed by atoms with E-state index in [4.69, 9.17) is 16.4 Å². The Hall–Kier alpha value is -0.570. The molecule has 1 aromatic carbocycles. The van der Waals surface area contributed by atoms with Gasteiger partial charge in [0.1, 0.15) is 6.10 Å². The Morgan fingerprint density at radius 3 is 2.67 bits per heavy atom. The molecule has 3 heteroatoms. The number of halogens is 1. The van der Waals surface area contributed by atoms with Crippen molar-refractivity contribution >= 4 is 11.6 Å². The minimum absolute atomic E-state index is 0.197. The van der Waals surface area contributed by atoms with Crippen LogP contribution in [-0.2, 0) is 4.84 Å². The molecule has 0 aliphatic carbocycles. The van der Waals surface area contributed by atoms with Crippen LogP contribution in [0.3, 0.4) is 0 Å². The van der Waals surface area contributed by atoms with Crippen molar-refractivity contribution in [1.29, 1.82) is 0 Å². The van der Waals surface area contributed by atoms with Gasteiger partial charge in [0.15, 0.2) is 0 Å². The van der Waals surface area contributed by atoms with E-state index in [1.165, 1.54) is 5.56 Å². The van der Waals surface area contributed by atoms with Crippen molar-refractivity contribution in [2.75, 3.05) is 6.54 Å². The van der Waals surface area contributed by atoms with Crippen LogP contribution in [0.5, 0.6) is 0 Å². The maximum Gasteiger partial charge on any atom is 0.105 e. The molecule has 2 rings (SSSR count). The van der Waals surface area contributed by atoms with Crippen molar-refractivity contribution in [2.24, 2.45) is 0 Å². The van der Waals surface area contributed by atoms with Crippen molar-refractivity contribution in [2.45, 2.75) is 12.5 Å². The molecule has 1 aromatic rings. The summed E-state index contributed by atoms with van der Waals surface area (Å²) >= 11 is 5.76. The first-order valence-corrected chi connectivity index (χ1v) is 4.38. The molecule has 64 valence electrons. The van der Waals surface area contributed by atoms with E-state index < -0.39 is 0 Å². The lowest BCUT2D eigenvalue weighted by molar-refractivity contribution is 0.0336. The summed E-state index contributed by atoms with van der Waals surface area (Å²) in [5.41, 5.74) is 4.04. The summed E-state index contributed by atoms with van der Waals surface area (Å²) in [6.07, 6.45) is 1.23. The highest BCUT2D eigenvalue weighted by molar-refractivity contribution is 6.30. The zero-order chi connectivity index (χ0) is 8.39. The monoisotopic (exact) mass is 183 g/mol. The van der Waals surface area contributed by atoms with Gasteiger partial charge in [-0.15, -0.1) is 0 Å². The Morgan fingerprint density at radius 1 is 1.33 bits per heavy atom. The summed E-state index contributed by atoms with van der Waals surface area (Å²) in [4.78, 5) is 5.29. The molecule has 1 aliphatic heterocycles. The molecule has 0 bridgehead atoms. The highest BCUT2D eigenvalue weighted by Crippen LogP contribution is 2.24. The maximum atomic E-state index is 5.76. The largest absolute Gasteiger partial charge is 0.294 e. The van der Waals surface area contributed by atoms with E-state index in [-0.39, 0.29) is 6.10 Å². The molecule has 1 fully saturated rings. The number of rotatable bonds is 1. The Labute approximate surface area is 76.4 Å². The fourth-order valence-electron chi connectivity index (χ4n) is 1.32. The number of hydrogen-bond acceptors (Lipinski definition) is 2. The van der Waals surface area contributed by atoms with E-state index in [0.717, 1.165) is 18.0 Å². The third-order valence-corrected chi connectivity index (χ3v) is 2.23. The first-order chi connectivity index (χ1) is 5.86. The molecular weight excluding hydrogens is 174 g/mol. The average Bonchev–Trinajstić information content (AvgIpc) is 2.58. The molecule has 1 unspecified atom stereocenters. The van der Waals surface area contributed by atoms with Gasteiger partial charge in [-0.3, -0.25) is 4.84 Å². The normalized spacial score (nSPS) is 22.9. The number of nitrogens with one attached hydrogen (secondary N) is 1. The van der Waals surface area contributed by atoms with Crippen LogP contribution in [0.1, 0.15) is 18.1 Å². The molecule has 1 aliphatic rings. The van der Waals surface area contributed by atoms with Gasteiger partial charge in [-0.1, -0.05) is 23.7 Å². The minimum Gasteiger partial charge on any atom is -0.294 e. The molecule has 12 heavy (non-hydrogen) atoms. The second kappa shape index (κ2) is 3.44. The van der Waals surface area contributed by atoms with Crippen LogP contribution < -0.4 is 5.48 Å². The standard InChI is InChI=1S/C9H10ClNO/c10-8-3-1-7(2-4-8)9-5-6-11-12-9/h1-4,9,11H,5-6H2. The van der Waals surface area contributed by atoms with Gasteiger partial charge in [-0.2, -0.15) is 0 Å². The SMILES string of the molecule is Clc1ccc(C2CCNO2)cc1. The van der Waals surface area contributed by atoms with Gasteiger partial charge in [0.2, 0.25) is 0 Å². The van der Waals surface area contributed by atoms with E-state index in [0.29, 0.717) is 0 Å². The third-order valence-electron chi connectivity index (χ3n) is 1.98. The Balaban J connectivity index is 2.17. The van der Waals surface area contributed by atoms with E-state index in [9.17, 15) is 0 Å². The number of benzene rings is 1. The van der Waals surface area contributed by atoms with E-state index in [1.54, 1.807) is 0 Å². The Morgan fingerprint density at radius 2 is 2.08 bits per heavy atom. The maximum absolute atomic E-state index is 5.76. The van der Waals surface area contributed by atoms with Crippen LogP contribution in [0.4, 0.5) is 0 Å². The summed E-state index contributed by atoms with van der Waals surface area (Å²) < 4.78 is 0. The van der Waals surface area contributed by atoms with Gasteiger partial charge in [0.25, 0.3) is 0 Å². The summed E-state index contributed by atoms with van der Waals surface area (Å²) in [7, 11) is 0. The smallest absolute Gasteiger partial charge is 0.105 e. The van der Waals surface area contributed by atoms with E-state index >= 15 is 0 Å². The van der Waals surface area contributed by atoms with Crippen LogP contribution in [-0.4, -0.2) is 6.54 Å². The lowest BCUT2D eigenvalue weighted by atomic mass is 10.1. The number of hydroxylamine groups is 1. The molecule has 2 nitrogen and oxygen atoms in total. The first-order valence-electron chi connectivity index (χ1n) is 4.00. The molecule has 0 amide bonds. The summed E-state index contributed by atoms with van der Waals surface area (Å²) in [5.74, 6) is 0. The van der Waals surface area contributed by atoms with Crippen molar-refractivity contribution in [1.82, 2.24) is 5.48 Å². The molecule has 0 spiro atoms. The van der Waals surface area contributed by atoms with E-state index in [1.807, 2.05) is 24.3 Å².